The SMILES string of the molecule is CC1Cc2ccccc2N1CCN=C(N)NC1CCCCC1. The molecule has 3 N–H and O–H groups in total. The Labute approximate surface area is 133 Å². The van der Waals surface area contributed by atoms with Gasteiger partial charge < -0.3 is 16.0 Å². The van der Waals surface area contributed by atoms with Crippen molar-refractivity contribution in [2.45, 2.75) is 57.5 Å². The number of aliphatic imine (C=N–C) groups is 1. The van der Waals surface area contributed by atoms with Crippen molar-refractivity contribution in [3.8, 4) is 0 Å². The molecule has 0 amide bonds. The van der Waals surface area contributed by atoms with Gasteiger partial charge in [0.25, 0.3) is 0 Å². The molecule has 120 valence electrons. The van der Waals surface area contributed by atoms with Gasteiger partial charge in [-0.2, -0.15) is 0 Å². The number of guanidine groups is 1. The number of fused-ring (bicyclic) bond motifs is 1. The van der Waals surface area contributed by atoms with E-state index in [0.717, 1.165) is 19.5 Å². The smallest absolute Gasteiger partial charge is 0.188 e. The first-order chi connectivity index (χ1) is 10.7. The second-order valence-electron chi connectivity index (χ2n) is 6.62. The van der Waals surface area contributed by atoms with E-state index in [-0.39, 0.29) is 0 Å². The topological polar surface area (TPSA) is 53.6 Å². The van der Waals surface area contributed by atoms with Gasteiger partial charge in [-0.1, -0.05) is 37.5 Å². The van der Waals surface area contributed by atoms with Crippen LogP contribution in [0.5, 0.6) is 0 Å². The number of hydrogen-bond donors (Lipinski definition) is 2. The van der Waals surface area contributed by atoms with Crippen LogP contribution in [0.1, 0.15) is 44.6 Å². The molecular weight excluding hydrogens is 272 g/mol. The van der Waals surface area contributed by atoms with E-state index in [1.165, 1.54) is 43.4 Å². The molecule has 1 aliphatic carbocycles. The maximum absolute atomic E-state index is 6.04. The second-order valence-corrected chi connectivity index (χ2v) is 6.62. The van der Waals surface area contributed by atoms with Crippen molar-refractivity contribution in [1.29, 1.82) is 0 Å². The zero-order chi connectivity index (χ0) is 15.4. The molecule has 2 aliphatic rings. The summed E-state index contributed by atoms with van der Waals surface area (Å²) in [7, 11) is 0. The van der Waals surface area contributed by atoms with Gasteiger partial charge in [0.1, 0.15) is 0 Å². The van der Waals surface area contributed by atoms with Crippen LogP contribution in [-0.4, -0.2) is 31.1 Å². The molecule has 0 saturated heterocycles. The Balaban J connectivity index is 1.51. The number of nitrogens with zero attached hydrogens (tertiary/aromatic N) is 2. The van der Waals surface area contributed by atoms with Gasteiger partial charge in [0.2, 0.25) is 0 Å². The van der Waals surface area contributed by atoms with Crippen molar-refractivity contribution >= 4 is 11.6 Å². The molecule has 1 heterocycles. The van der Waals surface area contributed by atoms with Crippen molar-refractivity contribution in [3.05, 3.63) is 29.8 Å². The number of nitrogens with one attached hydrogen (secondary N) is 1. The van der Waals surface area contributed by atoms with E-state index in [9.17, 15) is 0 Å². The summed E-state index contributed by atoms with van der Waals surface area (Å²) >= 11 is 0. The summed E-state index contributed by atoms with van der Waals surface area (Å²) in [6.45, 7) is 3.98. The fourth-order valence-electron chi connectivity index (χ4n) is 3.75. The van der Waals surface area contributed by atoms with Gasteiger partial charge in [0.15, 0.2) is 5.96 Å². The third-order valence-electron chi connectivity index (χ3n) is 4.93. The fraction of sp³-hybridized carbons (Fsp3) is 0.611. The molecule has 1 unspecified atom stereocenters. The highest BCUT2D eigenvalue weighted by Crippen LogP contribution is 2.31. The zero-order valence-electron chi connectivity index (χ0n) is 13.6. The minimum absolute atomic E-state index is 0.531. The first-order valence-corrected chi connectivity index (χ1v) is 8.65. The number of benzene rings is 1. The van der Waals surface area contributed by atoms with Crippen LogP contribution in [0.4, 0.5) is 5.69 Å². The van der Waals surface area contributed by atoms with Crippen LogP contribution in [0.15, 0.2) is 29.3 Å². The van der Waals surface area contributed by atoms with Gasteiger partial charge in [-0.3, -0.25) is 4.99 Å². The maximum Gasteiger partial charge on any atom is 0.188 e. The molecule has 4 nitrogen and oxygen atoms in total. The molecule has 22 heavy (non-hydrogen) atoms. The molecule has 1 saturated carbocycles. The van der Waals surface area contributed by atoms with Crippen LogP contribution in [0.3, 0.4) is 0 Å². The monoisotopic (exact) mass is 300 g/mol. The Morgan fingerprint density at radius 2 is 2.05 bits per heavy atom. The number of nitrogens with two attached hydrogens (primary N) is 1. The van der Waals surface area contributed by atoms with Gasteiger partial charge in [-0.05, 0) is 37.8 Å². The summed E-state index contributed by atoms with van der Waals surface area (Å²) in [4.78, 5) is 6.98. The van der Waals surface area contributed by atoms with E-state index in [4.69, 9.17) is 5.73 Å². The van der Waals surface area contributed by atoms with Gasteiger partial charge in [0, 0.05) is 24.3 Å². The largest absolute Gasteiger partial charge is 0.370 e. The van der Waals surface area contributed by atoms with E-state index >= 15 is 0 Å². The van der Waals surface area contributed by atoms with Gasteiger partial charge in [-0.25, -0.2) is 0 Å². The lowest BCUT2D eigenvalue weighted by atomic mass is 9.96. The van der Waals surface area contributed by atoms with Crippen molar-refractivity contribution in [1.82, 2.24) is 5.32 Å². The van der Waals surface area contributed by atoms with Crippen LogP contribution in [0.2, 0.25) is 0 Å². The highest BCUT2D eigenvalue weighted by atomic mass is 15.2. The predicted octanol–water partition coefficient (Wildman–Crippen LogP) is 2.67. The van der Waals surface area contributed by atoms with Crippen molar-refractivity contribution in [2.24, 2.45) is 10.7 Å². The summed E-state index contributed by atoms with van der Waals surface area (Å²) in [6, 6.07) is 9.77. The molecule has 0 radical (unpaired) electrons. The zero-order valence-corrected chi connectivity index (χ0v) is 13.6. The molecule has 1 aromatic carbocycles. The molecule has 0 aromatic heterocycles. The molecule has 1 atom stereocenters. The van der Waals surface area contributed by atoms with Crippen LogP contribution < -0.4 is 16.0 Å². The fourth-order valence-corrected chi connectivity index (χ4v) is 3.75. The third kappa shape index (κ3) is 3.54. The summed E-state index contributed by atoms with van der Waals surface area (Å²) in [5.74, 6) is 0.618. The summed E-state index contributed by atoms with van der Waals surface area (Å²) in [5, 5.41) is 3.38. The molecule has 4 heteroatoms. The minimum atomic E-state index is 0.531. The van der Waals surface area contributed by atoms with Gasteiger partial charge in [0.05, 0.1) is 6.54 Å². The standard InChI is InChI=1S/C18H28N4/c1-14-13-15-7-5-6-10-17(15)22(14)12-11-20-18(19)21-16-8-3-2-4-9-16/h5-7,10,14,16H,2-4,8-9,11-13H2,1H3,(H3,19,20,21). The number of para-hydroxylation sites is 1. The van der Waals surface area contributed by atoms with Crippen molar-refractivity contribution in [2.75, 3.05) is 18.0 Å². The average molecular weight is 300 g/mol. The predicted molar refractivity (Wildman–Crippen MR) is 93.5 cm³/mol. The Kier molecular flexibility index (Phi) is 4.86. The molecule has 3 rings (SSSR count). The Morgan fingerprint density at radius 1 is 1.27 bits per heavy atom. The highest BCUT2D eigenvalue weighted by Gasteiger charge is 2.24. The number of rotatable bonds is 4. The molecule has 1 aliphatic heterocycles. The average Bonchev–Trinajstić information content (AvgIpc) is 2.84. The summed E-state index contributed by atoms with van der Waals surface area (Å²) in [6.07, 6.45) is 7.58. The minimum Gasteiger partial charge on any atom is -0.370 e. The van der Waals surface area contributed by atoms with E-state index in [1.54, 1.807) is 0 Å². The summed E-state index contributed by atoms with van der Waals surface area (Å²) < 4.78 is 0. The quantitative estimate of drug-likeness (QED) is 0.664. The Morgan fingerprint density at radius 3 is 2.86 bits per heavy atom. The van der Waals surface area contributed by atoms with Gasteiger partial charge >= 0.3 is 0 Å². The van der Waals surface area contributed by atoms with Crippen LogP contribution in [0.25, 0.3) is 0 Å². The first-order valence-electron chi connectivity index (χ1n) is 8.65. The van der Waals surface area contributed by atoms with E-state index in [1.807, 2.05) is 0 Å². The normalized spacial score (nSPS) is 22.7. The van der Waals surface area contributed by atoms with E-state index in [0.29, 0.717) is 18.0 Å². The van der Waals surface area contributed by atoms with Crippen molar-refractivity contribution in [3.63, 3.8) is 0 Å². The number of hydrogen-bond acceptors (Lipinski definition) is 2. The van der Waals surface area contributed by atoms with Crippen LogP contribution in [-0.2, 0) is 6.42 Å². The van der Waals surface area contributed by atoms with Crippen LogP contribution >= 0.6 is 0 Å². The molecular formula is C18H28N4. The van der Waals surface area contributed by atoms with E-state index in [2.05, 4.69) is 46.4 Å². The summed E-state index contributed by atoms with van der Waals surface area (Å²) in [5.41, 5.74) is 8.85. The van der Waals surface area contributed by atoms with Gasteiger partial charge in [-0.15, -0.1) is 0 Å². The lowest BCUT2D eigenvalue weighted by Gasteiger charge is -2.25. The number of anilines is 1. The van der Waals surface area contributed by atoms with Crippen molar-refractivity contribution < 1.29 is 0 Å². The molecule has 0 spiro atoms. The first kappa shape index (κ1) is 15.2. The lowest BCUT2D eigenvalue weighted by Crippen LogP contribution is -2.41. The molecule has 0 bridgehead atoms. The lowest BCUT2D eigenvalue weighted by molar-refractivity contribution is 0.412. The molecule has 1 fully saturated rings. The third-order valence-corrected chi connectivity index (χ3v) is 4.93. The Bertz CT molecular complexity index is 520. The second kappa shape index (κ2) is 7.03. The molecule has 1 aromatic rings. The van der Waals surface area contributed by atoms with E-state index < -0.39 is 0 Å². The highest BCUT2D eigenvalue weighted by molar-refractivity contribution is 5.78. The maximum atomic E-state index is 6.04. The Hall–Kier alpha value is -1.71. The van der Waals surface area contributed by atoms with Crippen LogP contribution in [0, 0.1) is 0 Å².